The Morgan fingerprint density at radius 3 is 0.765 bits per heavy atom. The second kappa shape index (κ2) is 28.8. The van der Waals surface area contributed by atoms with E-state index in [1.165, 1.54) is 179 Å². The highest BCUT2D eigenvalue weighted by molar-refractivity contribution is 5.01. The van der Waals surface area contributed by atoms with Gasteiger partial charge < -0.3 is 5.11 Å². The fourth-order valence-corrected chi connectivity index (χ4v) is 5.06. The Bertz CT molecular complexity index is 407. The largest absolute Gasteiger partial charge is 0.513 e. The molecule has 0 spiro atoms. The maximum Gasteiger partial charge on any atom is 0.0880 e. The Labute approximate surface area is 217 Å². The SMILES string of the molecule is CCCCCCCCCCCCCCCCCCCCCCCCCCCCC/C(C)=C(/C)O. The minimum Gasteiger partial charge on any atom is -0.513 e. The first-order chi connectivity index (χ1) is 16.7. The lowest BCUT2D eigenvalue weighted by atomic mass is 10.0. The molecule has 0 rings (SSSR count). The van der Waals surface area contributed by atoms with Crippen molar-refractivity contribution < 1.29 is 5.11 Å². The van der Waals surface area contributed by atoms with Crippen LogP contribution in [0.25, 0.3) is 0 Å². The lowest BCUT2D eigenvalue weighted by Gasteiger charge is -2.05. The standard InChI is InChI=1S/C33H66O/c1-4-5-6-7-8-9-10-11-12-13-14-15-16-17-18-19-20-21-22-23-24-25-26-27-28-29-30-31-32(2)33(3)34/h34H,4-31H2,1-3H3/b33-32-. The summed E-state index contributed by atoms with van der Waals surface area (Å²) in [5, 5.41) is 9.40. The number of unbranched alkanes of at least 4 members (excludes halogenated alkanes) is 26. The zero-order chi connectivity index (χ0) is 25.0. The molecule has 0 aliphatic heterocycles. The van der Waals surface area contributed by atoms with Crippen LogP contribution in [0.4, 0.5) is 0 Å². The Hall–Kier alpha value is -0.460. The van der Waals surface area contributed by atoms with Gasteiger partial charge >= 0.3 is 0 Å². The summed E-state index contributed by atoms with van der Waals surface area (Å²) in [6.45, 7) is 6.16. The average Bonchev–Trinajstić information content (AvgIpc) is 2.83. The molecule has 0 heterocycles. The number of aliphatic hydroxyl groups is 1. The molecule has 204 valence electrons. The van der Waals surface area contributed by atoms with Gasteiger partial charge in [0.25, 0.3) is 0 Å². The van der Waals surface area contributed by atoms with Gasteiger partial charge in [0, 0.05) is 0 Å². The lowest BCUT2D eigenvalue weighted by molar-refractivity contribution is 0.403. The van der Waals surface area contributed by atoms with Crippen LogP contribution >= 0.6 is 0 Å². The predicted molar refractivity (Wildman–Crippen MR) is 156 cm³/mol. The maximum atomic E-state index is 9.40. The number of hydrogen-bond donors (Lipinski definition) is 1. The second-order valence-electron chi connectivity index (χ2n) is 11.3. The Morgan fingerprint density at radius 1 is 0.353 bits per heavy atom. The molecule has 0 radical (unpaired) electrons. The summed E-state index contributed by atoms with van der Waals surface area (Å²) < 4.78 is 0. The summed E-state index contributed by atoms with van der Waals surface area (Å²) in [4.78, 5) is 0. The molecule has 34 heavy (non-hydrogen) atoms. The van der Waals surface area contributed by atoms with Crippen molar-refractivity contribution in [1.82, 2.24) is 0 Å². The Balaban J connectivity index is 3.06. The summed E-state index contributed by atoms with van der Waals surface area (Å²) in [5.41, 5.74) is 1.17. The van der Waals surface area contributed by atoms with Crippen LogP contribution in [0.3, 0.4) is 0 Å². The van der Waals surface area contributed by atoms with Crippen LogP contribution in [0.2, 0.25) is 0 Å². The van der Waals surface area contributed by atoms with Gasteiger partial charge in [0.2, 0.25) is 0 Å². The molecular weight excluding hydrogens is 412 g/mol. The van der Waals surface area contributed by atoms with E-state index in [1.807, 2.05) is 0 Å². The minimum absolute atomic E-state index is 0.523. The Morgan fingerprint density at radius 2 is 0.559 bits per heavy atom. The summed E-state index contributed by atoms with van der Waals surface area (Å²) in [5.74, 6) is 0.523. The van der Waals surface area contributed by atoms with Gasteiger partial charge in [0.1, 0.15) is 0 Å². The van der Waals surface area contributed by atoms with Crippen molar-refractivity contribution >= 4 is 0 Å². The van der Waals surface area contributed by atoms with Crippen molar-refractivity contribution in [3.63, 3.8) is 0 Å². The van der Waals surface area contributed by atoms with E-state index in [0.29, 0.717) is 5.76 Å². The molecule has 0 aliphatic rings. The molecule has 0 fully saturated rings. The van der Waals surface area contributed by atoms with Gasteiger partial charge in [-0.3, -0.25) is 0 Å². The zero-order valence-electron chi connectivity index (χ0n) is 24.2. The first kappa shape index (κ1) is 33.5. The quantitative estimate of drug-likeness (QED) is 0.0875. The summed E-state index contributed by atoms with van der Waals surface area (Å²) in [6, 6.07) is 0. The van der Waals surface area contributed by atoms with Gasteiger partial charge in [-0.15, -0.1) is 0 Å². The molecule has 0 amide bonds. The van der Waals surface area contributed by atoms with E-state index >= 15 is 0 Å². The van der Waals surface area contributed by atoms with E-state index in [1.54, 1.807) is 6.92 Å². The van der Waals surface area contributed by atoms with E-state index in [4.69, 9.17) is 0 Å². The van der Waals surface area contributed by atoms with Crippen LogP contribution in [-0.4, -0.2) is 5.11 Å². The van der Waals surface area contributed by atoms with E-state index in [9.17, 15) is 5.11 Å². The lowest BCUT2D eigenvalue weighted by Crippen LogP contribution is -1.86. The molecule has 0 saturated carbocycles. The smallest absolute Gasteiger partial charge is 0.0880 e. The van der Waals surface area contributed by atoms with Gasteiger partial charge in [-0.25, -0.2) is 0 Å². The number of rotatable bonds is 28. The minimum atomic E-state index is 0.523. The summed E-state index contributed by atoms with van der Waals surface area (Å²) >= 11 is 0. The van der Waals surface area contributed by atoms with Crippen molar-refractivity contribution in [2.45, 2.75) is 201 Å². The van der Waals surface area contributed by atoms with Crippen molar-refractivity contribution in [3.05, 3.63) is 11.3 Å². The van der Waals surface area contributed by atoms with Gasteiger partial charge in [-0.1, -0.05) is 174 Å². The van der Waals surface area contributed by atoms with Gasteiger partial charge in [-0.05, 0) is 32.3 Å². The molecule has 0 unspecified atom stereocenters. The monoisotopic (exact) mass is 479 g/mol. The van der Waals surface area contributed by atoms with Gasteiger partial charge in [0.05, 0.1) is 5.76 Å². The highest BCUT2D eigenvalue weighted by Crippen LogP contribution is 2.17. The van der Waals surface area contributed by atoms with Gasteiger partial charge in [-0.2, -0.15) is 0 Å². The predicted octanol–water partition coefficient (Wildman–Crippen LogP) is 12.8. The van der Waals surface area contributed by atoms with E-state index < -0.39 is 0 Å². The average molecular weight is 479 g/mol. The van der Waals surface area contributed by atoms with E-state index in [2.05, 4.69) is 13.8 Å². The zero-order valence-corrected chi connectivity index (χ0v) is 24.2. The van der Waals surface area contributed by atoms with Crippen LogP contribution in [-0.2, 0) is 0 Å². The maximum absolute atomic E-state index is 9.40. The molecule has 1 N–H and O–H groups in total. The second-order valence-corrected chi connectivity index (χ2v) is 11.3. The third-order valence-electron chi connectivity index (χ3n) is 7.77. The molecule has 0 aromatic heterocycles. The first-order valence-electron chi connectivity index (χ1n) is 16.0. The van der Waals surface area contributed by atoms with Crippen LogP contribution in [0, 0.1) is 0 Å². The first-order valence-corrected chi connectivity index (χ1v) is 16.0. The third kappa shape index (κ3) is 27.8. The fourth-order valence-electron chi connectivity index (χ4n) is 5.06. The highest BCUT2D eigenvalue weighted by Gasteiger charge is 1.98. The van der Waals surface area contributed by atoms with Crippen molar-refractivity contribution in [1.29, 1.82) is 0 Å². The molecule has 0 atom stereocenters. The molecule has 0 aliphatic carbocycles. The summed E-state index contributed by atoms with van der Waals surface area (Å²) in [6.07, 6.45) is 40.1. The fraction of sp³-hybridized carbons (Fsp3) is 0.939. The molecule has 0 bridgehead atoms. The Kier molecular flexibility index (Phi) is 28.4. The van der Waals surface area contributed by atoms with Crippen LogP contribution < -0.4 is 0 Å². The van der Waals surface area contributed by atoms with Crippen molar-refractivity contribution in [3.8, 4) is 0 Å². The topological polar surface area (TPSA) is 20.2 Å². The summed E-state index contributed by atoms with van der Waals surface area (Å²) in [7, 11) is 0. The molecule has 1 heteroatoms. The van der Waals surface area contributed by atoms with Crippen molar-refractivity contribution in [2.75, 3.05) is 0 Å². The molecule has 1 nitrogen and oxygen atoms in total. The van der Waals surface area contributed by atoms with Crippen LogP contribution in [0.1, 0.15) is 201 Å². The number of aliphatic hydroxyl groups excluding tert-OH is 1. The number of hydrogen-bond acceptors (Lipinski definition) is 1. The van der Waals surface area contributed by atoms with Crippen LogP contribution in [0.5, 0.6) is 0 Å². The van der Waals surface area contributed by atoms with Gasteiger partial charge in [0.15, 0.2) is 0 Å². The van der Waals surface area contributed by atoms with Crippen LogP contribution in [0.15, 0.2) is 11.3 Å². The van der Waals surface area contributed by atoms with E-state index in [0.717, 1.165) is 6.42 Å². The number of allylic oxidation sites excluding steroid dienone is 2. The van der Waals surface area contributed by atoms with E-state index in [-0.39, 0.29) is 0 Å². The normalized spacial score (nSPS) is 12.3. The van der Waals surface area contributed by atoms with Crippen molar-refractivity contribution in [2.24, 2.45) is 0 Å². The highest BCUT2D eigenvalue weighted by atomic mass is 16.3. The molecule has 0 saturated heterocycles. The molecular formula is C33H66O. The third-order valence-corrected chi connectivity index (χ3v) is 7.77. The molecule has 0 aromatic carbocycles. The molecule has 0 aromatic rings.